The van der Waals surface area contributed by atoms with Gasteiger partial charge >= 0.3 is 0 Å². The van der Waals surface area contributed by atoms with Gasteiger partial charge in [-0.2, -0.15) is 0 Å². The van der Waals surface area contributed by atoms with Crippen LogP contribution in [0.3, 0.4) is 0 Å². The zero-order valence-electron chi connectivity index (χ0n) is 19.6. The van der Waals surface area contributed by atoms with E-state index in [9.17, 15) is 0 Å². The molecule has 0 aromatic heterocycles. The van der Waals surface area contributed by atoms with Crippen LogP contribution in [0.2, 0.25) is 0 Å². The van der Waals surface area contributed by atoms with E-state index in [1.165, 1.54) is 27.5 Å². The maximum absolute atomic E-state index is 3.89. The summed E-state index contributed by atoms with van der Waals surface area (Å²) in [7, 11) is 0. The minimum Gasteiger partial charge on any atom is -0.310 e. The number of halogens is 2. The van der Waals surface area contributed by atoms with E-state index in [4.69, 9.17) is 0 Å². The van der Waals surface area contributed by atoms with Gasteiger partial charge in [0.2, 0.25) is 0 Å². The van der Waals surface area contributed by atoms with E-state index in [1.54, 1.807) is 0 Å². The Morgan fingerprint density at radius 3 is 2.18 bits per heavy atom. The fourth-order valence-electron chi connectivity index (χ4n) is 5.28. The lowest BCUT2D eigenvalue weighted by Crippen LogP contribution is -2.30. The molecule has 0 spiro atoms. The Morgan fingerprint density at radius 1 is 0.765 bits per heavy atom. The van der Waals surface area contributed by atoms with E-state index in [0.717, 1.165) is 26.2 Å². The Balaban J connectivity index is 0.00000162. The second kappa shape index (κ2) is 12.4. The standard InChI is InChI=1S/C30H32N2.2ClH/c1-23(28-18-10-16-25-15-8-9-17-29(25)28)31-19-27-21-32(20-24-11-4-2-5-12-24)22-30(27)26-13-6-3-7-14-26;;/h2-18,23,27,30-31H,19-22H2,1H3;2*1H/t23?,27-,30+;;/m0../s1. The van der Waals surface area contributed by atoms with E-state index in [2.05, 4.69) is 120 Å². The first kappa shape index (κ1) is 26.2. The zero-order valence-corrected chi connectivity index (χ0v) is 21.3. The molecule has 4 aromatic rings. The zero-order chi connectivity index (χ0) is 21.8. The summed E-state index contributed by atoms with van der Waals surface area (Å²) in [6.07, 6.45) is 0. The molecule has 0 saturated carbocycles. The van der Waals surface area contributed by atoms with E-state index < -0.39 is 0 Å². The number of likely N-dealkylation sites (tertiary alicyclic amines) is 1. The van der Waals surface area contributed by atoms with Crippen LogP contribution in [0.25, 0.3) is 10.8 Å². The van der Waals surface area contributed by atoms with Gasteiger partial charge in [0.25, 0.3) is 0 Å². The van der Waals surface area contributed by atoms with E-state index in [0.29, 0.717) is 17.9 Å². The molecule has 0 amide bonds. The molecule has 0 bridgehead atoms. The van der Waals surface area contributed by atoms with Gasteiger partial charge in [-0.1, -0.05) is 103 Å². The Morgan fingerprint density at radius 2 is 1.41 bits per heavy atom. The minimum absolute atomic E-state index is 0. The highest BCUT2D eigenvalue weighted by molar-refractivity contribution is 5.86. The molecule has 1 N–H and O–H groups in total. The molecule has 5 rings (SSSR count). The molecule has 1 heterocycles. The summed E-state index contributed by atoms with van der Waals surface area (Å²) in [6.45, 7) is 6.60. The van der Waals surface area contributed by atoms with Gasteiger partial charge in [-0.15, -0.1) is 24.8 Å². The molecule has 3 atom stereocenters. The fraction of sp³-hybridized carbons (Fsp3) is 0.267. The van der Waals surface area contributed by atoms with Crippen molar-refractivity contribution in [1.29, 1.82) is 0 Å². The van der Waals surface area contributed by atoms with Crippen LogP contribution < -0.4 is 5.32 Å². The van der Waals surface area contributed by atoms with Gasteiger partial charge in [0.15, 0.2) is 0 Å². The van der Waals surface area contributed by atoms with Crippen LogP contribution in [0.1, 0.15) is 35.6 Å². The summed E-state index contributed by atoms with van der Waals surface area (Å²) in [5, 5.41) is 6.56. The van der Waals surface area contributed by atoms with Crippen LogP contribution in [-0.4, -0.2) is 24.5 Å². The van der Waals surface area contributed by atoms with E-state index in [-0.39, 0.29) is 24.8 Å². The van der Waals surface area contributed by atoms with E-state index >= 15 is 0 Å². The molecule has 4 heteroatoms. The summed E-state index contributed by atoms with van der Waals surface area (Å²) >= 11 is 0. The molecule has 0 aliphatic carbocycles. The molecule has 4 aromatic carbocycles. The van der Waals surface area contributed by atoms with Crippen molar-refractivity contribution in [2.75, 3.05) is 19.6 Å². The molecule has 1 fully saturated rings. The van der Waals surface area contributed by atoms with Crippen LogP contribution in [0.5, 0.6) is 0 Å². The summed E-state index contributed by atoms with van der Waals surface area (Å²) < 4.78 is 0. The minimum atomic E-state index is 0. The second-order valence-electron chi connectivity index (χ2n) is 9.16. The molecule has 0 radical (unpaired) electrons. The average Bonchev–Trinajstić information content (AvgIpc) is 3.26. The first-order chi connectivity index (χ1) is 15.8. The second-order valence-corrected chi connectivity index (χ2v) is 9.16. The van der Waals surface area contributed by atoms with Gasteiger partial charge in [-0.3, -0.25) is 4.90 Å². The third-order valence-corrected chi connectivity index (χ3v) is 6.97. The number of fused-ring (bicyclic) bond motifs is 1. The first-order valence-electron chi connectivity index (χ1n) is 11.8. The fourth-order valence-corrected chi connectivity index (χ4v) is 5.28. The van der Waals surface area contributed by atoms with Crippen molar-refractivity contribution in [3.05, 3.63) is 120 Å². The number of rotatable bonds is 7. The monoisotopic (exact) mass is 492 g/mol. The van der Waals surface area contributed by atoms with E-state index in [1.807, 2.05) is 0 Å². The number of nitrogens with one attached hydrogen (secondary N) is 1. The Bertz CT molecular complexity index is 1140. The third kappa shape index (κ3) is 6.00. The van der Waals surface area contributed by atoms with Crippen molar-refractivity contribution in [1.82, 2.24) is 10.2 Å². The Hall–Kier alpha value is -2.36. The predicted octanol–water partition coefficient (Wildman–Crippen LogP) is 7.25. The average molecular weight is 494 g/mol. The molecule has 178 valence electrons. The Kier molecular flexibility index (Phi) is 9.55. The summed E-state index contributed by atoms with van der Waals surface area (Å²) in [6, 6.07) is 37.6. The summed E-state index contributed by atoms with van der Waals surface area (Å²) in [5.74, 6) is 1.16. The first-order valence-corrected chi connectivity index (χ1v) is 11.8. The third-order valence-electron chi connectivity index (χ3n) is 6.97. The van der Waals surface area contributed by atoms with Crippen molar-refractivity contribution in [2.45, 2.75) is 25.4 Å². The van der Waals surface area contributed by atoms with Crippen LogP contribution >= 0.6 is 24.8 Å². The number of nitrogens with zero attached hydrogens (tertiary/aromatic N) is 1. The number of hydrogen-bond acceptors (Lipinski definition) is 2. The van der Waals surface area contributed by atoms with Gasteiger partial charge in [-0.05, 0) is 40.3 Å². The number of hydrogen-bond donors (Lipinski definition) is 1. The maximum atomic E-state index is 3.89. The molecule has 1 unspecified atom stereocenters. The highest BCUT2D eigenvalue weighted by Crippen LogP contribution is 2.34. The normalized spacial score (nSPS) is 18.7. The van der Waals surface area contributed by atoms with Gasteiger partial charge in [0, 0.05) is 38.1 Å². The maximum Gasteiger partial charge on any atom is 0.0298 e. The van der Waals surface area contributed by atoms with Crippen molar-refractivity contribution in [3.8, 4) is 0 Å². The van der Waals surface area contributed by atoms with Crippen molar-refractivity contribution >= 4 is 35.6 Å². The van der Waals surface area contributed by atoms with Crippen LogP contribution in [0.15, 0.2) is 103 Å². The molecular formula is C30H34Cl2N2. The summed E-state index contributed by atoms with van der Waals surface area (Å²) in [4.78, 5) is 2.63. The van der Waals surface area contributed by atoms with Gasteiger partial charge in [0.05, 0.1) is 0 Å². The van der Waals surface area contributed by atoms with Crippen LogP contribution in [0.4, 0.5) is 0 Å². The van der Waals surface area contributed by atoms with Crippen LogP contribution in [0, 0.1) is 5.92 Å². The Labute approximate surface area is 216 Å². The lowest BCUT2D eigenvalue weighted by molar-refractivity contribution is 0.312. The SMILES string of the molecule is CC(NC[C@H]1CN(Cc2ccccc2)C[C@@H]1c1ccccc1)c1cccc2ccccc12.Cl.Cl. The molecule has 1 aliphatic rings. The lowest BCUT2D eigenvalue weighted by Gasteiger charge is -2.23. The van der Waals surface area contributed by atoms with Crippen LogP contribution in [-0.2, 0) is 6.54 Å². The summed E-state index contributed by atoms with van der Waals surface area (Å²) in [5.41, 5.74) is 4.25. The molecule has 2 nitrogen and oxygen atoms in total. The topological polar surface area (TPSA) is 15.3 Å². The lowest BCUT2D eigenvalue weighted by atomic mass is 9.88. The van der Waals surface area contributed by atoms with Crippen molar-refractivity contribution in [3.63, 3.8) is 0 Å². The predicted molar refractivity (Wildman–Crippen MR) is 149 cm³/mol. The highest BCUT2D eigenvalue weighted by atomic mass is 35.5. The largest absolute Gasteiger partial charge is 0.310 e. The van der Waals surface area contributed by atoms with Gasteiger partial charge in [0.1, 0.15) is 0 Å². The number of benzene rings is 4. The van der Waals surface area contributed by atoms with Crippen molar-refractivity contribution < 1.29 is 0 Å². The molecular weight excluding hydrogens is 459 g/mol. The smallest absolute Gasteiger partial charge is 0.0298 e. The molecule has 34 heavy (non-hydrogen) atoms. The van der Waals surface area contributed by atoms with Crippen molar-refractivity contribution in [2.24, 2.45) is 5.92 Å². The molecule has 1 aliphatic heterocycles. The molecule has 1 saturated heterocycles. The van der Waals surface area contributed by atoms with Gasteiger partial charge < -0.3 is 5.32 Å². The van der Waals surface area contributed by atoms with Gasteiger partial charge in [-0.25, -0.2) is 0 Å². The quantitative estimate of drug-likeness (QED) is 0.292. The highest BCUT2D eigenvalue weighted by Gasteiger charge is 2.33.